The van der Waals surface area contributed by atoms with Gasteiger partial charge in [-0.15, -0.1) is 0 Å². The minimum atomic E-state index is 0.469. The molecule has 0 amide bonds. The zero-order valence-electron chi connectivity index (χ0n) is 9.91. The average Bonchev–Trinajstić information content (AvgIpc) is 2.67. The Kier molecular flexibility index (Phi) is 3.28. The molecule has 0 spiro atoms. The van der Waals surface area contributed by atoms with Crippen LogP contribution in [0.25, 0.3) is 0 Å². The molecular weight excluding hydrogens is 240 g/mol. The van der Waals surface area contributed by atoms with Crippen molar-refractivity contribution in [2.24, 2.45) is 0 Å². The summed E-state index contributed by atoms with van der Waals surface area (Å²) in [6.45, 7) is 6.08. The Balaban J connectivity index is 2.14. The zero-order valence-corrected chi connectivity index (χ0v) is 10.7. The molecule has 2 aromatic heterocycles. The van der Waals surface area contributed by atoms with Crippen molar-refractivity contribution < 1.29 is 4.52 Å². The number of anilines is 1. The van der Waals surface area contributed by atoms with Crippen LogP contribution >= 0.6 is 11.6 Å². The molecular formula is C11H13ClN4O. The highest BCUT2D eigenvalue weighted by Gasteiger charge is 2.08. The van der Waals surface area contributed by atoms with Crippen molar-refractivity contribution in [2.75, 3.05) is 5.32 Å². The van der Waals surface area contributed by atoms with Crippen LogP contribution in [0.2, 0.25) is 5.15 Å². The molecule has 0 bridgehead atoms. The fourth-order valence-corrected chi connectivity index (χ4v) is 1.65. The van der Waals surface area contributed by atoms with E-state index in [-0.39, 0.29) is 0 Å². The molecule has 1 N–H and O–H groups in total. The molecule has 2 aromatic rings. The first-order valence-corrected chi connectivity index (χ1v) is 5.61. The van der Waals surface area contributed by atoms with Crippen LogP contribution in [-0.2, 0) is 6.54 Å². The second kappa shape index (κ2) is 4.71. The van der Waals surface area contributed by atoms with Crippen LogP contribution in [0.1, 0.15) is 22.8 Å². The summed E-state index contributed by atoms with van der Waals surface area (Å²) in [5.74, 6) is 2.15. The zero-order chi connectivity index (χ0) is 12.4. The standard InChI is InChI=1S/C11H13ClN4O/c1-6-4-9(16-17-6)5-13-11-7(2)10(12)14-8(3)15-11/h4H,5H2,1-3H3,(H,13,14,15). The van der Waals surface area contributed by atoms with Gasteiger partial charge in [-0.3, -0.25) is 0 Å². The summed E-state index contributed by atoms with van der Waals surface area (Å²) in [6.07, 6.45) is 0. The molecule has 90 valence electrons. The Labute approximate surface area is 104 Å². The summed E-state index contributed by atoms with van der Waals surface area (Å²) >= 11 is 5.98. The number of rotatable bonds is 3. The Morgan fingerprint density at radius 2 is 2.06 bits per heavy atom. The minimum Gasteiger partial charge on any atom is -0.364 e. The second-order valence-electron chi connectivity index (χ2n) is 3.82. The average molecular weight is 253 g/mol. The maximum atomic E-state index is 5.98. The van der Waals surface area contributed by atoms with Gasteiger partial charge in [0, 0.05) is 11.6 Å². The first-order valence-electron chi connectivity index (χ1n) is 5.23. The van der Waals surface area contributed by atoms with E-state index in [1.165, 1.54) is 0 Å². The fraction of sp³-hybridized carbons (Fsp3) is 0.364. The van der Waals surface area contributed by atoms with Gasteiger partial charge in [0.25, 0.3) is 0 Å². The summed E-state index contributed by atoms with van der Waals surface area (Å²) < 4.78 is 4.98. The third-order valence-corrected chi connectivity index (χ3v) is 2.68. The highest BCUT2D eigenvalue weighted by Crippen LogP contribution is 2.20. The lowest BCUT2D eigenvalue weighted by atomic mass is 10.3. The van der Waals surface area contributed by atoms with Crippen LogP contribution in [0, 0.1) is 20.8 Å². The monoisotopic (exact) mass is 252 g/mol. The second-order valence-corrected chi connectivity index (χ2v) is 4.18. The van der Waals surface area contributed by atoms with Crippen molar-refractivity contribution in [3.8, 4) is 0 Å². The van der Waals surface area contributed by atoms with Gasteiger partial charge >= 0.3 is 0 Å². The summed E-state index contributed by atoms with van der Waals surface area (Å²) in [7, 11) is 0. The van der Waals surface area contributed by atoms with Gasteiger partial charge in [-0.05, 0) is 20.8 Å². The Morgan fingerprint density at radius 3 is 2.71 bits per heavy atom. The van der Waals surface area contributed by atoms with Gasteiger partial charge in [0.2, 0.25) is 0 Å². The lowest BCUT2D eigenvalue weighted by molar-refractivity contribution is 0.391. The smallest absolute Gasteiger partial charge is 0.137 e. The number of hydrogen-bond acceptors (Lipinski definition) is 5. The maximum absolute atomic E-state index is 5.98. The van der Waals surface area contributed by atoms with Crippen molar-refractivity contribution in [1.82, 2.24) is 15.1 Å². The molecule has 0 aliphatic carbocycles. The number of halogens is 1. The van der Waals surface area contributed by atoms with Gasteiger partial charge < -0.3 is 9.84 Å². The summed E-state index contributed by atoms with van der Waals surface area (Å²) in [5, 5.41) is 7.53. The van der Waals surface area contributed by atoms with Crippen molar-refractivity contribution in [2.45, 2.75) is 27.3 Å². The number of aryl methyl sites for hydroxylation is 2. The van der Waals surface area contributed by atoms with Crippen molar-refractivity contribution in [3.63, 3.8) is 0 Å². The molecule has 0 unspecified atom stereocenters. The van der Waals surface area contributed by atoms with Gasteiger partial charge in [0.05, 0.1) is 6.54 Å². The van der Waals surface area contributed by atoms with Crippen LogP contribution in [0.4, 0.5) is 5.82 Å². The Morgan fingerprint density at radius 1 is 1.29 bits per heavy atom. The van der Waals surface area contributed by atoms with Gasteiger partial charge in [-0.2, -0.15) is 0 Å². The molecule has 6 heteroatoms. The third kappa shape index (κ3) is 2.74. The quantitative estimate of drug-likeness (QED) is 0.851. The molecule has 0 atom stereocenters. The normalized spacial score (nSPS) is 10.6. The van der Waals surface area contributed by atoms with E-state index in [1.807, 2.05) is 19.9 Å². The molecule has 0 saturated heterocycles. The molecule has 0 radical (unpaired) electrons. The van der Waals surface area contributed by atoms with Gasteiger partial charge in [-0.1, -0.05) is 16.8 Å². The van der Waals surface area contributed by atoms with E-state index in [0.29, 0.717) is 17.5 Å². The lowest BCUT2D eigenvalue weighted by Gasteiger charge is -2.08. The van der Waals surface area contributed by atoms with Crippen molar-refractivity contribution >= 4 is 17.4 Å². The van der Waals surface area contributed by atoms with E-state index >= 15 is 0 Å². The van der Waals surface area contributed by atoms with Gasteiger partial charge in [-0.25, -0.2) is 9.97 Å². The molecule has 0 aliphatic heterocycles. The Bertz CT molecular complexity index is 538. The van der Waals surface area contributed by atoms with Gasteiger partial charge in [0.15, 0.2) is 0 Å². The summed E-state index contributed by atoms with van der Waals surface area (Å²) in [4.78, 5) is 8.36. The first kappa shape index (κ1) is 11.9. The van der Waals surface area contributed by atoms with E-state index in [1.54, 1.807) is 6.92 Å². The van der Waals surface area contributed by atoms with E-state index in [0.717, 1.165) is 22.8 Å². The largest absolute Gasteiger partial charge is 0.364 e. The summed E-state index contributed by atoms with van der Waals surface area (Å²) in [5.41, 5.74) is 1.66. The lowest BCUT2D eigenvalue weighted by Crippen LogP contribution is -2.06. The topological polar surface area (TPSA) is 63.8 Å². The highest BCUT2D eigenvalue weighted by molar-refractivity contribution is 6.30. The fourth-order valence-electron chi connectivity index (χ4n) is 1.44. The molecule has 0 saturated carbocycles. The molecule has 0 fully saturated rings. The molecule has 0 aliphatic rings. The number of nitrogens with one attached hydrogen (secondary N) is 1. The van der Waals surface area contributed by atoms with Crippen LogP contribution in [0.5, 0.6) is 0 Å². The third-order valence-electron chi connectivity index (χ3n) is 2.31. The van der Waals surface area contributed by atoms with Crippen LogP contribution < -0.4 is 5.32 Å². The van der Waals surface area contributed by atoms with E-state index in [9.17, 15) is 0 Å². The SMILES string of the molecule is Cc1nc(Cl)c(C)c(NCc2cc(C)on2)n1. The van der Waals surface area contributed by atoms with E-state index in [4.69, 9.17) is 16.1 Å². The molecule has 17 heavy (non-hydrogen) atoms. The van der Waals surface area contributed by atoms with Gasteiger partial charge in [0.1, 0.15) is 28.2 Å². The maximum Gasteiger partial charge on any atom is 0.137 e. The number of hydrogen-bond donors (Lipinski definition) is 1. The first-order chi connectivity index (χ1) is 8.06. The van der Waals surface area contributed by atoms with Crippen LogP contribution in [0.3, 0.4) is 0 Å². The molecule has 2 rings (SSSR count). The Hall–Kier alpha value is -1.62. The highest BCUT2D eigenvalue weighted by atomic mass is 35.5. The minimum absolute atomic E-state index is 0.469. The predicted octanol–water partition coefficient (Wildman–Crippen LogP) is 2.66. The molecule has 5 nitrogen and oxygen atoms in total. The molecule has 0 aromatic carbocycles. The predicted molar refractivity (Wildman–Crippen MR) is 65.1 cm³/mol. The van der Waals surface area contributed by atoms with Crippen molar-refractivity contribution in [1.29, 1.82) is 0 Å². The number of aromatic nitrogens is 3. The van der Waals surface area contributed by atoms with Crippen molar-refractivity contribution in [3.05, 3.63) is 34.1 Å². The number of nitrogens with zero attached hydrogens (tertiary/aromatic N) is 3. The van der Waals surface area contributed by atoms with E-state index < -0.39 is 0 Å². The van der Waals surface area contributed by atoms with Crippen LogP contribution in [0.15, 0.2) is 10.6 Å². The van der Waals surface area contributed by atoms with Crippen LogP contribution in [-0.4, -0.2) is 15.1 Å². The van der Waals surface area contributed by atoms with E-state index in [2.05, 4.69) is 20.4 Å². The molecule has 2 heterocycles. The summed E-state index contributed by atoms with van der Waals surface area (Å²) in [6, 6.07) is 1.87.